The molecule has 0 unspecified atom stereocenters. The number of nitrogens with zero attached hydrogens (tertiary/aromatic N) is 1. The lowest BCUT2D eigenvalue weighted by atomic mass is 9.93. The molecular formula is C24H31FN2O. The lowest BCUT2D eigenvalue weighted by Crippen LogP contribution is -2.41. The first-order chi connectivity index (χ1) is 13.5. The van der Waals surface area contributed by atoms with Gasteiger partial charge in [0.25, 0.3) is 0 Å². The van der Waals surface area contributed by atoms with Crippen molar-refractivity contribution in [3.63, 3.8) is 0 Å². The molecule has 1 fully saturated rings. The van der Waals surface area contributed by atoms with Crippen molar-refractivity contribution in [3.05, 3.63) is 70.5 Å². The van der Waals surface area contributed by atoms with Gasteiger partial charge in [0.1, 0.15) is 5.82 Å². The molecule has 0 spiro atoms. The van der Waals surface area contributed by atoms with E-state index in [0.29, 0.717) is 6.54 Å². The van der Waals surface area contributed by atoms with E-state index < -0.39 is 0 Å². The smallest absolute Gasteiger partial charge is 0.223 e. The Bertz CT molecular complexity index is 812. The third kappa shape index (κ3) is 4.99. The summed E-state index contributed by atoms with van der Waals surface area (Å²) >= 11 is 0. The van der Waals surface area contributed by atoms with Crippen molar-refractivity contribution in [2.24, 2.45) is 5.92 Å². The first kappa shape index (κ1) is 20.5. The number of likely N-dealkylation sites (tertiary alicyclic amines) is 1. The standard InChI is InChI=1S/C24H31FN2O/c1-4-23(21-10-9-17(2)15-18(21)3)26-24(28)19-11-13-27(14-12-19)16-20-7-5-6-8-22(20)25/h5-10,15,19,23H,4,11-14,16H2,1-3H3,(H,26,28)/t23-/m0/s1. The number of amides is 1. The van der Waals surface area contributed by atoms with Crippen molar-refractivity contribution in [2.75, 3.05) is 13.1 Å². The SMILES string of the molecule is CC[C@H](NC(=O)C1CCN(Cc2ccccc2F)CC1)c1ccc(C)cc1C. The van der Waals surface area contributed by atoms with Crippen LogP contribution < -0.4 is 5.32 Å². The van der Waals surface area contributed by atoms with E-state index in [-0.39, 0.29) is 23.7 Å². The maximum Gasteiger partial charge on any atom is 0.223 e. The minimum absolute atomic E-state index is 0.0386. The van der Waals surface area contributed by atoms with Crippen LogP contribution in [-0.4, -0.2) is 23.9 Å². The largest absolute Gasteiger partial charge is 0.349 e. The number of piperidine rings is 1. The molecule has 1 aliphatic heterocycles. The molecule has 2 aromatic rings. The van der Waals surface area contributed by atoms with Gasteiger partial charge in [0.2, 0.25) is 5.91 Å². The molecule has 28 heavy (non-hydrogen) atoms. The highest BCUT2D eigenvalue weighted by atomic mass is 19.1. The van der Waals surface area contributed by atoms with Gasteiger partial charge in [-0.15, -0.1) is 0 Å². The zero-order valence-electron chi connectivity index (χ0n) is 17.2. The molecule has 3 nitrogen and oxygen atoms in total. The van der Waals surface area contributed by atoms with Crippen LogP contribution in [0.4, 0.5) is 4.39 Å². The van der Waals surface area contributed by atoms with Crippen molar-refractivity contribution in [3.8, 4) is 0 Å². The lowest BCUT2D eigenvalue weighted by Gasteiger charge is -2.32. The Morgan fingerprint density at radius 3 is 2.54 bits per heavy atom. The molecule has 0 aliphatic carbocycles. The molecule has 2 aromatic carbocycles. The fraction of sp³-hybridized carbons (Fsp3) is 0.458. The number of nitrogens with one attached hydrogen (secondary N) is 1. The van der Waals surface area contributed by atoms with E-state index in [9.17, 15) is 9.18 Å². The molecule has 1 amide bonds. The maximum absolute atomic E-state index is 13.9. The normalized spacial score (nSPS) is 16.7. The van der Waals surface area contributed by atoms with Gasteiger partial charge in [0, 0.05) is 18.0 Å². The number of aryl methyl sites for hydroxylation is 2. The molecule has 1 aliphatic rings. The Morgan fingerprint density at radius 1 is 1.18 bits per heavy atom. The summed E-state index contributed by atoms with van der Waals surface area (Å²) in [5.74, 6) is 0.0377. The van der Waals surface area contributed by atoms with Gasteiger partial charge < -0.3 is 5.32 Å². The van der Waals surface area contributed by atoms with Gasteiger partial charge in [0.05, 0.1) is 6.04 Å². The van der Waals surface area contributed by atoms with Gasteiger partial charge in [-0.2, -0.15) is 0 Å². The quantitative estimate of drug-likeness (QED) is 0.769. The predicted molar refractivity (Wildman–Crippen MR) is 111 cm³/mol. The molecule has 0 aromatic heterocycles. The number of benzene rings is 2. The third-order valence-corrected chi connectivity index (χ3v) is 5.84. The molecule has 4 heteroatoms. The van der Waals surface area contributed by atoms with E-state index in [1.54, 1.807) is 6.07 Å². The number of carbonyl (C=O) groups is 1. The Hall–Kier alpha value is -2.20. The second-order valence-corrected chi connectivity index (χ2v) is 7.97. The highest BCUT2D eigenvalue weighted by molar-refractivity contribution is 5.79. The molecule has 0 bridgehead atoms. The first-order valence-corrected chi connectivity index (χ1v) is 10.3. The molecule has 1 N–H and O–H groups in total. The van der Waals surface area contributed by atoms with Crippen molar-refractivity contribution in [1.82, 2.24) is 10.2 Å². The van der Waals surface area contributed by atoms with E-state index in [0.717, 1.165) is 37.9 Å². The zero-order valence-corrected chi connectivity index (χ0v) is 17.2. The number of hydrogen-bond acceptors (Lipinski definition) is 2. The van der Waals surface area contributed by atoms with Gasteiger partial charge in [-0.25, -0.2) is 4.39 Å². The van der Waals surface area contributed by atoms with Gasteiger partial charge in [-0.05, 0) is 63.4 Å². The third-order valence-electron chi connectivity index (χ3n) is 5.84. The second kappa shape index (κ2) is 9.33. The molecule has 150 valence electrons. The van der Waals surface area contributed by atoms with Gasteiger partial charge in [-0.3, -0.25) is 9.69 Å². The number of carbonyl (C=O) groups excluding carboxylic acids is 1. The maximum atomic E-state index is 13.9. The molecule has 3 rings (SSSR count). The number of halogens is 1. The van der Waals surface area contributed by atoms with Crippen LogP contribution in [0.2, 0.25) is 0 Å². The van der Waals surface area contributed by atoms with Crippen LogP contribution in [0.25, 0.3) is 0 Å². The van der Waals surface area contributed by atoms with Crippen LogP contribution in [0.5, 0.6) is 0 Å². The highest BCUT2D eigenvalue weighted by Crippen LogP contribution is 2.25. The van der Waals surface area contributed by atoms with Crippen LogP contribution >= 0.6 is 0 Å². The van der Waals surface area contributed by atoms with E-state index in [1.807, 2.05) is 12.1 Å². The average molecular weight is 383 g/mol. The van der Waals surface area contributed by atoms with Crippen LogP contribution in [0, 0.1) is 25.6 Å². The van der Waals surface area contributed by atoms with E-state index >= 15 is 0 Å². The summed E-state index contributed by atoms with van der Waals surface area (Å²) in [5, 5.41) is 3.27. The highest BCUT2D eigenvalue weighted by Gasteiger charge is 2.27. The van der Waals surface area contributed by atoms with Crippen LogP contribution in [0.3, 0.4) is 0 Å². The minimum Gasteiger partial charge on any atom is -0.349 e. The van der Waals surface area contributed by atoms with Crippen molar-refractivity contribution in [2.45, 2.75) is 52.6 Å². The molecule has 0 saturated carbocycles. The van der Waals surface area contributed by atoms with Crippen LogP contribution in [-0.2, 0) is 11.3 Å². The van der Waals surface area contributed by atoms with Crippen molar-refractivity contribution < 1.29 is 9.18 Å². The summed E-state index contributed by atoms with van der Waals surface area (Å²) in [6.07, 6.45) is 2.52. The van der Waals surface area contributed by atoms with E-state index in [1.165, 1.54) is 22.8 Å². The first-order valence-electron chi connectivity index (χ1n) is 10.3. The Kier molecular flexibility index (Phi) is 6.84. The summed E-state index contributed by atoms with van der Waals surface area (Å²) in [7, 11) is 0. The number of hydrogen-bond donors (Lipinski definition) is 1. The minimum atomic E-state index is -0.151. The number of rotatable bonds is 6. The van der Waals surface area contributed by atoms with Crippen molar-refractivity contribution >= 4 is 5.91 Å². The lowest BCUT2D eigenvalue weighted by molar-refractivity contribution is -0.127. The fourth-order valence-electron chi connectivity index (χ4n) is 4.13. The Balaban J connectivity index is 1.55. The molecular weight excluding hydrogens is 351 g/mol. The van der Waals surface area contributed by atoms with Crippen molar-refractivity contribution in [1.29, 1.82) is 0 Å². The Morgan fingerprint density at radius 2 is 1.89 bits per heavy atom. The van der Waals surface area contributed by atoms with Crippen LogP contribution in [0.1, 0.15) is 54.5 Å². The summed E-state index contributed by atoms with van der Waals surface area (Å²) in [6, 6.07) is 13.4. The summed E-state index contributed by atoms with van der Waals surface area (Å²) in [5.41, 5.74) is 4.40. The molecule has 0 radical (unpaired) electrons. The molecule has 1 saturated heterocycles. The topological polar surface area (TPSA) is 32.3 Å². The fourth-order valence-corrected chi connectivity index (χ4v) is 4.13. The monoisotopic (exact) mass is 382 g/mol. The summed E-state index contributed by atoms with van der Waals surface area (Å²) < 4.78 is 13.9. The van der Waals surface area contributed by atoms with E-state index in [4.69, 9.17) is 0 Å². The predicted octanol–water partition coefficient (Wildman–Crippen LogP) is 4.92. The van der Waals surface area contributed by atoms with Crippen LogP contribution in [0.15, 0.2) is 42.5 Å². The molecule has 1 atom stereocenters. The second-order valence-electron chi connectivity index (χ2n) is 7.97. The molecule has 1 heterocycles. The summed E-state index contributed by atoms with van der Waals surface area (Å²) in [4.78, 5) is 15.1. The van der Waals surface area contributed by atoms with Gasteiger partial charge in [-0.1, -0.05) is 48.9 Å². The average Bonchev–Trinajstić information content (AvgIpc) is 2.69. The van der Waals surface area contributed by atoms with Gasteiger partial charge in [0.15, 0.2) is 0 Å². The van der Waals surface area contributed by atoms with E-state index in [2.05, 4.69) is 49.2 Å². The Labute approximate surface area is 167 Å². The summed E-state index contributed by atoms with van der Waals surface area (Å²) in [6.45, 7) is 8.58. The zero-order chi connectivity index (χ0) is 20.1. The van der Waals surface area contributed by atoms with Gasteiger partial charge >= 0.3 is 0 Å².